The lowest BCUT2D eigenvalue weighted by Crippen LogP contribution is -2.75. The maximum absolute atomic E-state index is 13.0. The van der Waals surface area contributed by atoms with Gasteiger partial charge in [0.2, 0.25) is 0 Å². The highest BCUT2D eigenvalue weighted by atomic mass is 19.4. The maximum Gasteiger partial charge on any atom is 0.402 e. The van der Waals surface area contributed by atoms with Crippen molar-refractivity contribution in [2.75, 3.05) is 6.54 Å². The van der Waals surface area contributed by atoms with E-state index in [1.165, 1.54) is 6.20 Å². The zero-order valence-electron chi connectivity index (χ0n) is 12.1. The number of aromatic nitrogens is 1. The molecule has 1 N–H and O–H groups in total. The third kappa shape index (κ3) is 3.03. The van der Waals surface area contributed by atoms with Crippen LogP contribution in [0.1, 0.15) is 12.8 Å². The van der Waals surface area contributed by atoms with E-state index in [9.17, 15) is 30.7 Å². The zero-order chi connectivity index (χ0) is 17.8. The Morgan fingerprint density at radius 2 is 1.75 bits per heavy atom. The van der Waals surface area contributed by atoms with Gasteiger partial charge in [0.1, 0.15) is 17.7 Å². The lowest BCUT2D eigenvalue weighted by Gasteiger charge is -2.61. The van der Waals surface area contributed by atoms with E-state index in [2.05, 4.69) is 10.3 Å². The highest BCUT2D eigenvalue weighted by Crippen LogP contribution is 2.57. The molecule has 1 spiro atoms. The molecule has 10 heteroatoms. The molecule has 0 bridgehead atoms. The molecule has 0 aromatic carbocycles. The molecular weight excluding hydrogens is 345 g/mol. The van der Waals surface area contributed by atoms with Gasteiger partial charge in [-0.05, 0) is 12.8 Å². The zero-order valence-corrected chi connectivity index (χ0v) is 12.1. The molecule has 3 nitrogen and oxygen atoms in total. The molecule has 134 valence electrons. The Morgan fingerprint density at radius 3 is 2.21 bits per heavy atom. The van der Waals surface area contributed by atoms with Crippen molar-refractivity contribution < 1.29 is 35.5 Å². The van der Waals surface area contributed by atoms with Crippen LogP contribution in [0.25, 0.3) is 0 Å². The summed E-state index contributed by atoms with van der Waals surface area (Å²) in [4.78, 5) is 3.56. The summed E-state index contributed by atoms with van der Waals surface area (Å²) in [5.74, 6) is -3.95. The molecule has 3 rings (SSSR count). The Balaban J connectivity index is 1.66. The van der Waals surface area contributed by atoms with Gasteiger partial charge in [0.05, 0.1) is 12.4 Å². The third-order valence-electron chi connectivity index (χ3n) is 4.62. The molecule has 1 aliphatic carbocycles. The fourth-order valence-electron chi connectivity index (χ4n) is 3.52. The molecule has 2 aliphatic rings. The number of rotatable bonds is 3. The van der Waals surface area contributed by atoms with Crippen molar-refractivity contribution in [3.63, 3.8) is 0 Å². The first-order valence-corrected chi connectivity index (χ1v) is 7.15. The van der Waals surface area contributed by atoms with Crippen LogP contribution in [0, 0.1) is 17.2 Å². The van der Waals surface area contributed by atoms with E-state index in [-0.39, 0.29) is 25.1 Å². The van der Waals surface area contributed by atoms with E-state index in [1.54, 1.807) is 0 Å². The first-order chi connectivity index (χ1) is 11.0. The van der Waals surface area contributed by atoms with Crippen molar-refractivity contribution in [2.24, 2.45) is 11.3 Å². The van der Waals surface area contributed by atoms with E-state index in [0.717, 1.165) is 12.3 Å². The van der Waals surface area contributed by atoms with Crippen molar-refractivity contribution in [3.8, 4) is 5.75 Å². The van der Waals surface area contributed by atoms with Crippen molar-refractivity contribution in [1.29, 1.82) is 0 Å². The summed E-state index contributed by atoms with van der Waals surface area (Å²) in [7, 11) is 0. The van der Waals surface area contributed by atoms with Gasteiger partial charge in [0, 0.05) is 24.1 Å². The molecule has 1 aromatic heterocycles. The number of alkyl halides is 6. The molecule has 0 amide bonds. The first-order valence-electron chi connectivity index (χ1n) is 7.15. The van der Waals surface area contributed by atoms with Crippen molar-refractivity contribution >= 4 is 0 Å². The number of nitrogens with one attached hydrogen (secondary N) is 1. The van der Waals surface area contributed by atoms with Crippen molar-refractivity contribution in [3.05, 3.63) is 24.3 Å². The average Bonchev–Trinajstić information content (AvgIpc) is 2.35. The van der Waals surface area contributed by atoms with Crippen LogP contribution < -0.4 is 10.1 Å². The number of nitrogens with zero attached hydrogens (tertiary/aromatic N) is 1. The number of pyridine rings is 1. The van der Waals surface area contributed by atoms with E-state index >= 15 is 0 Å². The Morgan fingerprint density at radius 1 is 1.12 bits per heavy atom. The van der Waals surface area contributed by atoms with Crippen LogP contribution in [0.15, 0.2) is 18.5 Å². The molecule has 1 unspecified atom stereocenters. The summed E-state index contributed by atoms with van der Waals surface area (Å²) in [5.41, 5.74) is -1.10. The Bertz CT molecular complexity index is 596. The smallest absolute Gasteiger partial charge is 0.402 e. The average molecular weight is 358 g/mol. The second-order valence-corrected chi connectivity index (χ2v) is 6.27. The Kier molecular flexibility index (Phi) is 3.93. The Hall–Kier alpha value is -1.58. The number of ether oxygens (including phenoxy) is 1. The van der Waals surface area contributed by atoms with E-state index in [4.69, 9.17) is 4.74 Å². The van der Waals surface area contributed by atoms with Gasteiger partial charge in [-0.25, -0.2) is 4.39 Å². The van der Waals surface area contributed by atoms with Crippen LogP contribution in [-0.4, -0.2) is 36.0 Å². The number of hydrogen-bond acceptors (Lipinski definition) is 3. The third-order valence-corrected chi connectivity index (χ3v) is 4.62. The molecule has 1 atom stereocenters. The fraction of sp³-hybridized carbons (Fsp3) is 0.643. The van der Waals surface area contributed by atoms with Crippen LogP contribution in [0.3, 0.4) is 0 Å². The molecule has 0 radical (unpaired) electrons. The summed E-state index contributed by atoms with van der Waals surface area (Å²) in [6.45, 7) is 0.0710. The van der Waals surface area contributed by atoms with Gasteiger partial charge in [-0.3, -0.25) is 4.98 Å². The van der Waals surface area contributed by atoms with Crippen molar-refractivity contribution in [2.45, 2.75) is 37.3 Å². The summed E-state index contributed by atoms with van der Waals surface area (Å²) in [6, 6.07) is -0.661. The van der Waals surface area contributed by atoms with Crippen LogP contribution in [-0.2, 0) is 0 Å². The molecule has 2 heterocycles. The molecule has 1 saturated carbocycles. The second kappa shape index (κ2) is 5.47. The van der Waals surface area contributed by atoms with Gasteiger partial charge in [0.25, 0.3) is 0 Å². The summed E-state index contributed by atoms with van der Waals surface area (Å²) in [6.07, 6.45) is -9.02. The lowest BCUT2D eigenvalue weighted by atomic mass is 9.54. The van der Waals surface area contributed by atoms with E-state index < -0.39 is 41.6 Å². The second-order valence-electron chi connectivity index (χ2n) is 6.27. The highest BCUT2D eigenvalue weighted by molar-refractivity contribution is 5.20. The number of halogens is 7. The predicted molar refractivity (Wildman–Crippen MR) is 67.7 cm³/mol. The van der Waals surface area contributed by atoms with Crippen LogP contribution in [0.2, 0.25) is 0 Å². The van der Waals surface area contributed by atoms with Gasteiger partial charge >= 0.3 is 12.4 Å². The first kappa shape index (κ1) is 17.2. The van der Waals surface area contributed by atoms with Crippen LogP contribution >= 0.6 is 0 Å². The largest absolute Gasteiger partial charge is 0.489 e. The van der Waals surface area contributed by atoms with Gasteiger partial charge in [0.15, 0.2) is 5.92 Å². The molecular formula is C14H13F7N2O. The van der Waals surface area contributed by atoms with E-state index in [1.807, 2.05) is 0 Å². The van der Waals surface area contributed by atoms with Crippen LogP contribution in [0.4, 0.5) is 30.7 Å². The SMILES string of the molecule is Fc1cncc(OC2CC3(CNC3C(C(F)(F)F)C(F)(F)F)C2)c1. The van der Waals surface area contributed by atoms with Crippen LogP contribution in [0.5, 0.6) is 5.75 Å². The molecule has 1 saturated heterocycles. The minimum Gasteiger partial charge on any atom is -0.489 e. The minimum atomic E-state index is -5.37. The quantitative estimate of drug-likeness (QED) is 0.841. The van der Waals surface area contributed by atoms with Gasteiger partial charge in [-0.1, -0.05) is 0 Å². The van der Waals surface area contributed by atoms with Gasteiger partial charge in [-0.2, -0.15) is 26.3 Å². The summed E-state index contributed by atoms with van der Waals surface area (Å²) < 4.78 is 95.4. The lowest BCUT2D eigenvalue weighted by molar-refractivity contribution is -0.314. The molecule has 2 fully saturated rings. The topological polar surface area (TPSA) is 34.1 Å². The van der Waals surface area contributed by atoms with Gasteiger partial charge in [-0.15, -0.1) is 0 Å². The summed E-state index contributed by atoms with van der Waals surface area (Å²) >= 11 is 0. The summed E-state index contributed by atoms with van der Waals surface area (Å²) in [5, 5.41) is 2.28. The molecule has 24 heavy (non-hydrogen) atoms. The minimum absolute atomic E-state index is 0.0455. The molecule has 1 aliphatic heterocycles. The predicted octanol–water partition coefficient (Wildman–Crippen LogP) is 3.46. The molecule has 1 aromatic rings. The highest BCUT2D eigenvalue weighted by Gasteiger charge is 2.70. The van der Waals surface area contributed by atoms with Gasteiger partial charge < -0.3 is 10.1 Å². The maximum atomic E-state index is 13.0. The normalized spacial score (nSPS) is 30.2. The van der Waals surface area contributed by atoms with Crippen molar-refractivity contribution in [1.82, 2.24) is 10.3 Å². The fourth-order valence-corrected chi connectivity index (χ4v) is 3.52. The monoisotopic (exact) mass is 358 g/mol. The van der Waals surface area contributed by atoms with E-state index in [0.29, 0.717) is 0 Å². The number of hydrogen-bond donors (Lipinski definition) is 1. The standard InChI is InChI=1S/C14H13F7N2O/c15-7-1-8(5-22-4-7)24-9-2-12(3-9)6-23-11(12)10(13(16,17)18)14(19,20)21/h1,4-5,9-11,23H,2-3,6H2. The Labute approximate surface area is 132 Å².